The van der Waals surface area contributed by atoms with E-state index in [1.54, 1.807) is 0 Å². The van der Waals surface area contributed by atoms with Gasteiger partial charge in [0.05, 0.1) is 11.0 Å². The number of aromatic nitrogens is 2. The van der Waals surface area contributed by atoms with Gasteiger partial charge in [0, 0.05) is 44.0 Å². The van der Waals surface area contributed by atoms with E-state index in [1.165, 1.54) is 93.6 Å². The van der Waals surface area contributed by atoms with Gasteiger partial charge in [-0.3, -0.25) is 0 Å². The van der Waals surface area contributed by atoms with E-state index in [9.17, 15) is 0 Å². The monoisotopic (exact) mass is 620 g/mol. The summed E-state index contributed by atoms with van der Waals surface area (Å²) < 4.78 is 5.06. The Kier molecular flexibility index (Phi) is 5.25. The molecule has 0 bridgehead atoms. The lowest BCUT2D eigenvalue weighted by molar-refractivity contribution is 1.14. The number of hydrogen-bond donors (Lipinski definition) is 0. The van der Waals surface area contributed by atoms with E-state index in [2.05, 4.69) is 162 Å². The van der Waals surface area contributed by atoms with Gasteiger partial charge in [-0.15, -0.1) is 0 Å². The molecule has 3 heteroatoms. The van der Waals surface area contributed by atoms with Crippen LogP contribution in [0.3, 0.4) is 0 Å². The minimum absolute atomic E-state index is 0.101. The molecule has 0 N–H and O–H groups in total. The maximum Gasteiger partial charge on any atom is 0.252 e. The van der Waals surface area contributed by atoms with Crippen molar-refractivity contribution in [3.8, 4) is 33.6 Å². The first kappa shape index (κ1) is 26.7. The molecule has 0 amide bonds. The van der Waals surface area contributed by atoms with E-state index in [-0.39, 0.29) is 6.71 Å². The summed E-state index contributed by atoms with van der Waals surface area (Å²) >= 11 is 0. The van der Waals surface area contributed by atoms with Crippen LogP contribution in [0.15, 0.2) is 153 Å². The highest BCUT2D eigenvalue weighted by Gasteiger charge is 2.40. The van der Waals surface area contributed by atoms with Gasteiger partial charge in [-0.25, -0.2) is 0 Å². The summed E-state index contributed by atoms with van der Waals surface area (Å²) in [5.41, 5.74) is 18.9. The van der Waals surface area contributed by atoms with Crippen molar-refractivity contribution in [2.75, 3.05) is 0 Å². The molecule has 0 unspecified atom stereocenters. The predicted molar refractivity (Wildman–Crippen MR) is 211 cm³/mol. The van der Waals surface area contributed by atoms with Crippen molar-refractivity contribution in [3.63, 3.8) is 0 Å². The molecule has 2 nitrogen and oxygen atoms in total. The maximum atomic E-state index is 3.97. The summed E-state index contributed by atoms with van der Waals surface area (Å²) in [4.78, 5) is 0. The van der Waals surface area contributed by atoms with E-state index in [1.807, 2.05) is 12.2 Å². The van der Waals surface area contributed by atoms with Crippen molar-refractivity contribution >= 4 is 78.9 Å². The van der Waals surface area contributed by atoms with Crippen LogP contribution in [0.25, 0.3) is 89.4 Å². The second-order valence-electron chi connectivity index (χ2n) is 13.4. The Morgan fingerprint density at radius 2 is 1.00 bits per heavy atom. The first-order valence-corrected chi connectivity index (χ1v) is 17.0. The molecule has 0 fully saturated rings. The van der Waals surface area contributed by atoms with Crippen LogP contribution < -0.4 is 16.4 Å². The molecule has 0 radical (unpaired) electrons. The molecule has 2 aliphatic rings. The number of nitrogens with zero attached hydrogens (tertiary/aromatic N) is 2. The Balaban J connectivity index is 1.24. The largest absolute Gasteiger partial charge is 0.310 e. The predicted octanol–water partition coefficient (Wildman–Crippen LogP) is 9.64. The minimum Gasteiger partial charge on any atom is -0.310 e. The van der Waals surface area contributed by atoms with Gasteiger partial charge in [0.15, 0.2) is 0 Å². The van der Waals surface area contributed by atoms with Gasteiger partial charge in [0.25, 0.3) is 6.71 Å². The van der Waals surface area contributed by atoms with E-state index >= 15 is 0 Å². The van der Waals surface area contributed by atoms with Gasteiger partial charge < -0.3 is 9.13 Å². The molecule has 7 aromatic carbocycles. The van der Waals surface area contributed by atoms with E-state index < -0.39 is 0 Å². The summed E-state index contributed by atoms with van der Waals surface area (Å²) in [5.74, 6) is 0. The summed E-state index contributed by atoms with van der Waals surface area (Å²) in [7, 11) is 0. The first-order valence-electron chi connectivity index (χ1n) is 17.0. The highest BCUT2D eigenvalue weighted by molar-refractivity contribution is 7.00. The highest BCUT2D eigenvalue weighted by atomic mass is 15.0. The van der Waals surface area contributed by atoms with Crippen LogP contribution in [-0.4, -0.2) is 15.8 Å². The molecule has 226 valence electrons. The van der Waals surface area contributed by atoms with E-state index in [4.69, 9.17) is 0 Å². The Bertz CT molecular complexity index is 2900. The van der Waals surface area contributed by atoms with Crippen LogP contribution in [0, 0.1) is 0 Å². The van der Waals surface area contributed by atoms with Crippen LogP contribution in [0.2, 0.25) is 0 Å². The Morgan fingerprint density at radius 1 is 0.429 bits per heavy atom. The third kappa shape index (κ3) is 3.46. The molecule has 0 atom stereocenters. The molecular weight excluding hydrogens is 591 g/mol. The van der Waals surface area contributed by atoms with Gasteiger partial charge in [-0.2, -0.15) is 0 Å². The summed E-state index contributed by atoms with van der Waals surface area (Å²) in [5, 5.41) is 5.17. The van der Waals surface area contributed by atoms with Crippen LogP contribution in [0.4, 0.5) is 0 Å². The minimum atomic E-state index is 0.101. The fourth-order valence-electron chi connectivity index (χ4n) is 8.85. The highest BCUT2D eigenvalue weighted by Crippen LogP contribution is 2.40. The smallest absolute Gasteiger partial charge is 0.252 e. The maximum absolute atomic E-state index is 3.97. The lowest BCUT2D eigenvalue weighted by atomic mass is 9.34. The SMILES string of the molecule is C=Cc1ccc(-c2ccc3c(c2)c2cccc4c2n3-c2cccc3c2B4c2cc(-c4ccc(C=C)cc4)cc4c5ccccc5n-3c24)cc1. The summed E-state index contributed by atoms with van der Waals surface area (Å²) in [6.07, 6.45) is 3.81. The molecule has 0 saturated heterocycles. The van der Waals surface area contributed by atoms with Crippen LogP contribution >= 0.6 is 0 Å². The third-order valence-corrected chi connectivity index (χ3v) is 11.0. The van der Waals surface area contributed by atoms with Crippen LogP contribution in [0.1, 0.15) is 11.1 Å². The van der Waals surface area contributed by atoms with Crippen molar-refractivity contribution in [3.05, 3.63) is 164 Å². The van der Waals surface area contributed by atoms with Crippen molar-refractivity contribution in [1.82, 2.24) is 9.13 Å². The zero-order valence-electron chi connectivity index (χ0n) is 26.8. The molecule has 2 aliphatic heterocycles. The quantitative estimate of drug-likeness (QED) is 0.174. The first-order chi connectivity index (χ1) is 24.2. The van der Waals surface area contributed by atoms with Gasteiger partial charge in [0.1, 0.15) is 0 Å². The summed E-state index contributed by atoms with van der Waals surface area (Å²) in [6, 6.07) is 52.0. The molecule has 0 aliphatic carbocycles. The third-order valence-electron chi connectivity index (χ3n) is 11.0. The van der Waals surface area contributed by atoms with Gasteiger partial charge in [-0.1, -0.05) is 128 Å². The van der Waals surface area contributed by atoms with Crippen molar-refractivity contribution in [2.45, 2.75) is 0 Å². The molecule has 11 rings (SSSR count). The molecule has 0 spiro atoms. The van der Waals surface area contributed by atoms with Gasteiger partial charge in [-0.05, 0) is 86.2 Å². The van der Waals surface area contributed by atoms with Crippen molar-refractivity contribution < 1.29 is 0 Å². The topological polar surface area (TPSA) is 9.86 Å². The standard InChI is InChI=1S/C46H29BN2/c1-3-28-15-19-30(20-16-28)32-23-24-41-36(25-32)35-10-7-11-38-45(35)49(41)43-14-8-13-42-44(43)47(38)39-27-33(31-21-17-29(4-2)18-22-31)26-37-34-9-5-6-12-40(34)48(42)46(37)39/h3-27H,1-2H2. The molecule has 2 aromatic heterocycles. The Hall–Kier alpha value is -6.32. The summed E-state index contributed by atoms with van der Waals surface area (Å²) in [6.45, 7) is 8.01. The molecule has 0 saturated carbocycles. The van der Waals surface area contributed by atoms with Gasteiger partial charge in [0.2, 0.25) is 0 Å². The normalized spacial score (nSPS) is 12.6. The fraction of sp³-hybridized carbons (Fsp3) is 0. The molecule has 4 heterocycles. The number of hydrogen-bond acceptors (Lipinski definition) is 0. The fourth-order valence-corrected chi connectivity index (χ4v) is 8.85. The number of benzene rings is 7. The molecule has 9 aromatic rings. The van der Waals surface area contributed by atoms with Crippen LogP contribution in [0.5, 0.6) is 0 Å². The zero-order chi connectivity index (χ0) is 32.4. The van der Waals surface area contributed by atoms with Crippen molar-refractivity contribution in [1.29, 1.82) is 0 Å². The number of rotatable bonds is 4. The van der Waals surface area contributed by atoms with Gasteiger partial charge >= 0.3 is 0 Å². The lowest BCUT2D eigenvalue weighted by Crippen LogP contribution is -2.59. The second-order valence-corrected chi connectivity index (χ2v) is 13.4. The molecule has 49 heavy (non-hydrogen) atoms. The zero-order valence-corrected chi connectivity index (χ0v) is 26.8. The lowest BCUT2D eigenvalue weighted by Gasteiger charge is -2.33. The Morgan fingerprint density at radius 3 is 1.71 bits per heavy atom. The number of fused-ring (bicyclic) bond motifs is 10. The Labute approximate surface area is 284 Å². The average Bonchev–Trinajstić information content (AvgIpc) is 3.68. The van der Waals surface area contributed by atoms with Crippen molar-refractivity contribution in [2.24, 2.45) is 0 Å². The number of para-hydroxylation sites is 2. The molecular formula is C46H29BN2. The van der Waals surface area contributed by atoms with Crippen LogP contribution in [-0.2, 0) is 0 Å². The van der Waals surface area contributed by atoms with E-state index in [0.717, 1.165) is 11.1 Å². The average molecular weight is 621 g/mol. The van der Waals surface area contributed by atoms with E-state index in [0.29, 0.717) is 0 Å². The second kappa shape index (κ2) is 9.62.